The minimum atomic E-state index is 0.446. The van der Waals surface area contributed by atoms with Crippen molar-refractivity contribution in [1.82, 2.24) is 0 Å². The highest BCUT2D eigenvalue weighted by Gasteiger charge is 1.94. The zero-order chi connectivity index (χ0) is 8.41. The molecule has 0 unspecified atom stereocenters. The van der Waals surface area contributed by atoms with Gasteiger partial charge in [0, 0.05) is 5.33 Å². The van der Waals surface area contributed by atoms with Crippen LogP contribution in [0, 0.1) is 0 Å². The molecular formula is C8H20BrP. The second-order valence-electron chi connectivity index (χ2n) is 1.89. The van der Waals surface area contributed by atoms with Crippen LogP contribution in [0.5, 0.6) is 0 Å². The summed E-state index contributed by atoms with van der Waals surface area (Å²) >= 11 is 3.15. The van der Waals surface area contributed by atoms with Crippen LogP contribution in [0.2, 0.25) is 0 Å². The summed E-state index contributed by atoms with van der Waals surface area (Å²) in [5, 5.41) is 1.06. The summed E-state index contributed by atoms with van der Waals surface area (Å²) in [5.74, 6) is 0. The molecule has 0 aromatic rings. The molecule has 0 rings (SSSR count). The Labute approximate surface area is 75.7 Å². The predicted octanol–water partition coefficient (Wildman–Crippen LogP) is 3.93. The third kappa shape index (κ3) is 11.7. The van der Waals surface area contributed by atoms with Crippen LogP contribution in [0.1, 0.15) is 27.7 Å². The zero-order valence-corrected chi connectivity index (χ0v) is 10.1. The van der Waals surface area contributed by atoms with E-state index in [4.69, 9.17) is 0 Å². The molecule has 0 saturated heterocycles. The molecule has 0 aliphatic carbocycles. The topological polar surface area (TPSA) is 0 Å². The fourth-order valence-corrected chi connectivity index (χ4v) is 2.01. The largest absolute Gasteiger partial charge is 0.108 e. The lowest BCUT2D eigenvalue weighted by atomic mass is 10.9. The van der Waals surface area contributed by atoms with Gasteiger partial charge in [0.2, 0.25) is 0 Å². The monoisotopic (exact) mass is 226 g/mol. The predicted molar refractivity (Wildman–Crippen MR) is 58.0 cm³/mol. The number of rotatable bonds is 3. The van der Waals surface area contributed by atoms with Crippen molar-refractivity contribution >= 4 is 23.9 Å². The molecule has 0 aliphatic rings. The van der Waals surface area contributed by atoms with Gasteiger partial charge in [-0.05, 0) is 18.5 Å². The minimum Gasteiger partial charge on any atom is -0.108 e. The van der Waals surface area contributed by atoms with Gasteiger partial charge < -0.3 is 0 Å². The molecule has 0 spiro atoms. The summed E-state index contributed by atoms with van der Waals surface area (Å²) in [6.07, 6.45) is 4.26. The molecule has 0 nitrogen and oxygen atoms in total. The average Bonchev–Trinajstić information content (AvgIpc) is 1.93. The molecule has 0 radical (unpaired) electrons. The van der Waals surface area contributed by atoms with E-state index in [2.05, 4.69) is 36.7 Å². The van der Waals surface area contributed by atoms with Gasteiger partial charge in [0.05, 0.1) is 0 Å². The molecule has 0 aromatic carbocycles. The van der Waals surface area contributed by atoms with Gasteiger partial charge in [0.25, 0.3) is 0 Å². The fraction of sp³-hybridized carbons (Fsp3) is 1.00. The minimum absolute atomic E-state index is 0.446. The maximum atomic E-state index is 3.15. The molecule has 10 heavy (non-hydrogen) atoms. The van der Waals surface area contributed by atoms with Gasteiger partial charge in [-0.1, -0.05) is 43.6 Å². The van der Waals surface area contributed by atoms with Crippen LogP contribution in [0.4, 0.5) is 0 Å². The van der Waals surface area contributed by atoms with E-state index in [9.17, 15) is 0 Å². The summed E-state index contributed by atoms with van der Waals surface area (Å²) in [6.45, 7) is 8.91. The van der Waals surface area contributed by atoms with Crippen molar-refractivity contribution in [3.63, 3.8) is 0 Å². The third-order valence-electron chi connectivity index (χ3n) is 1.34. The van der Waals surface area contributed by atoms with Crippen LogP contribution in [0.25, 0.3) is 0 Å². The average molecular weight is 227 g/mol. The van der Waals surface area contributed by atoms with Crippen LogP contribution < -0.4 is 0 Å². The summed E-state index contributed by atoms with van der Waals surface area (Å²) in [4.78, 5) is 0. The maximum Gasteiger partial charge on any atom is 0.000281 e. The molecule has 0 aromatic heterocycles. The molecule has 0 amide bonds. The number of halogens is 1. The van der Waals surface area contributed by atoms with Gasteiger partial charge in [-0.15, -0.1) is 7.92 Å². The first-order valence-corrected chi connectivity index (χ1v) is 7.06. The van der Waals surface area contributed by atoms with E-state index in [0.29, 0.717) is 7.92 Å². The fourth-order valence-electron chi connectivity index (χ4n) is 0.671. The van der Waals surface area contributed by atoms with E-state index in [1.807, 2.05) is 6.92 Å². The number of alkyl halides is 1. The quantitative estimate of drug-likeness (QED) is 0.506. The molecule has 0 atom stereocenters. The normalized spacial score (nSPS) is 9.00. The van der Waals surface area contributed by atoms with E-state index in [0.717, 1.165) is 5.33 Å². The van der Waals surface area contributed by atoms with Crippen molar-refractivity contribution in [2.45, 2.75) is 27.7 Å². The second kappa shape index (κ2) is 12.6. The molecule has 2 heteroatoms. The lowest BCUT2D eigenvalue weighted by molar-refractivity contribution is 1.35. The first kappa shape index (κ1) is 13.5. The summed E-state index contributed by atoms with van der Waals surface area (Å²) < 4.78 is 0. The van der Waals surface area contributed by atoms with Crippen molar-refractivity contribution in [3.8, 4) is 0 Å². The second-order valence-corrected chi connectivity index (χ2v) is 6.25. The molecule has 0 bridgehead atoms. The van der Waals surface area contributed by atoms with Crippen molar-refractivity contribution < 1.29 is 0 Å². The first-order valence-electron chi connectivity index (χ1n) is 4.04. The van der Waals surface area contributed by atoms with Crippen LogP contribution in [-0.2, 0) is 0 Å². The standard InChI is InChI=1S/C6H15P.C2H5Br/c1-4-7(5-2)6-3;1-2-3/h4-6H2,1-3H3;2H2,1H3. The van der Waals surface area contributed by atoms with Crippen LogP contribution in [0.3, 0.4) is 0 Å². The lowest BCUT2D eigenvalue weighted by Gasteiger charge is -2.07. The van der Waals surface area contributed by atoms with Crippen molar-refractivity contribution in [1.29, 1.82) is 0 Å². The Morgan fingerprint density at radius 3 is 1.10 bits per heavy atom. The van der Waals surface area contributed by atoms with Gasteiger partial charge in [0.1, 0.15) is 0 Å². The van der Waals surface area contributed by atoms with Crippen molar-refractivity contribution in [2.75, 3.05) is 23.8 Å². The van der Waals surface area contributed by atoms with Gasteiger partial charge >= 0.3 is 0 Å². The van der Waals surface area contributed by atoms with Crippen molar-refractivity contribution in [2.24, 2.45) is 0 Å². The van der Waals surface area contributed by atoms with Crippen molar-refractivity contribution in [3.05, 3.63) is 0 Å². The molecule has 0 aliphatic heterocycles. The Morgan fingerprint density at radius 2 is 1.10 bits per heavy atom. The van der Waals surface area contributed by atoms with Crippen LogP contribution in [-0.4, -0.2) is 23.8 Å². The van der Waals surface area contributed by atoms with Gasteiger partial charge in [-0.2, -0.15) is 0 Å². The Morgan fingerprint density at radius 1 is 0.900 bits per heavy atom. The van der Waals surface area contributed by atoms with Gasteiger partial charge in [0.15, 0.2) is 0 Å². The third-order valence-corrected chi connectivity index (χ3v) is 4.02. The first-order chi connectivity index (χ1) is 4.76. The van der Waals surface area contributed by atoms with E-state index in [1.54, 1.807) is 0 Å². The molecule has 0 N–H and O–H groups in total. The Hall–Kier alpha value is 0.910. The lowest BCUT2D eigenvalue weighted by Crippen LogP contribution is -1.83. The SMILES string of the molecule is CCBr.CCP(CC)CC. The van der Waals surface area contributed by atoms with Gasteiger partial charge in [-0.25, -0.2) is 0 Å². The summed E-state index contributed by atoms with van der Waals surface area (Å²) in [6, 6.07) is 0. The highest BCUT2D eigenvalue weighted by atomic mass is 79.9. The Balaban J connectivity index is 0. The van der Waals surface area contributed by atoms with Gasteiger partial charge in [-0.3, -0.25) is 0 Å². The highest BCUT2D eigenvalue weighted by molar-refractivity contribution is 9.09. The number of hydrogen-bond donors (Lipinski definition) is 0. The smallest absolute Gasteiger partial charge is 0.000281 e. The highest BCUT2D eigenvalue weighted by Crippen LogP contribution is 2.32. The van der Waals surface area contributed by atoms with Crippen LogP contribution >= 0.6 is 23.9 Å². The van der Waals surface area contributed by atoms with E-state index < -0.39 is 0 Å². The summed E-state index contributed by atoms with van der Waals surface area (Å²) in [7, 11) is 0.446. The molecule has 0 saturated carbocycles. The summed E-state index contributed by atoms with van der Waals surface area (Å²) in [5.41, 5.74) is 0. The van der Waals surface area contributed by atoms with E-state index in [-0.39, 0.29) is 0 Å². The number of hydrogen-bond acceptors (Lipinski definition) is 0. The molecule has 0 heterocycles. The Kier molecular flexibility index (Phi) is 17.0. The molecule has 64 valence electrons. The van der Waals surface area contributed by atoms with E-state index in [1.165, 1.54) is 18.5 Å². The Bertz CT molecular complexity index is 39.0. The van der Waals surface area contributed by atoms with Crippen LogP contribution in [0.15, 0.2) is 0 Å². The molecular weight excluding hydrogens is 207 g/mol. The zero-order valence-electron chi connectivity index (χ0n) is 7.65. The molecule has 0 fully saturated rings. The van der Waals surface area contributed by atoms with E-state index >= 15 is 0 Å². The maximum absolute atomic E-state index is 3.15.